The fraction of sp³-hybridized carbons (Fsp3) is 0.588. The van der Waals surface area contributed by atoms with Crippen molar-refractivity contribution in [1.82, 2.24) is 4.90 Å². The molecule has 0 aromatic carbocycles. The first-order chi connectivity index (χ1) is 9.01. The number of allylic oxidation sites excluding steroid dienone is 6. The van der Waals surface area contributed by atoms with E-state index in [0.717, 1.165) is 25.0 Å². The van der Waals surface area contributed by atoms with Crippen molar-refractivity contribution in [3.63, 3.8) is 0 Å². The quantitative estimate of drug-likeness (QED) is 0.483. The summed E-state index contributed by atoms with van der Waals surface area (Å²) in [6.07, 6.45) is 9.68. The summed E-state index contributed by atoms with van der Waals surface area (Å²) in [5.74, 6) is 0. The molecule has 0 unspecified atom stereocenters. The standard InChI is InChI=1S/C17H30N2/c1-8-11-15(9-2)12-13-16(14(4)18-5)17(10-3)19(6)7/h8,11-12H,9-10,13H2,1-7H3/b11-8-,15-12-,17-16-,18-14?. The molecule has 108 valence electrons. The zero-order chi connectivity index (χ0) is 14.8. The van der Waals surface area contributed by atoms with Crippen LogP contribution in [-0.4, -0.2) is 31.8 Å². The van der Waals surface area contributed by atoms with Crippen LogP contribution in [-0.2, 0) is 0 Å². The van der Waals surface area contributed by atoms with Crippen LogP contribution < -0.4 is 0 Å². The van der Waals surface area contributed by atoms with E-state index in [1.54, 1.807) is 0 Å². The topological polar surface area (TPSA) is 15.6 Å². The van der Waals surface area contributed by atoms with Gasteiger partial charge in [0, 0.05) is 32.6 Å². The minimum absolute atomic E-state index is 0.956. The van der Waals surface area contributed by atoms with Gasteiger partial charge in [0.2, 0.25) is 0 Å². The average molecular weight is 262 g/mol. The molecule has 0 saturated heterocycles. The predicted octanol–water partition coefficient (Wildman–Crippen LogP) is 4.61. The van der Waals surface area contributed by atoms with E-state index in [4.69, 9.17) is 0 Å². The van der Waals surface area contributed by atoms with Gasteiger partial charge in [0.25, 0.3) is 0 Å². The lowest BCUT2D eigenvalue weighted by Crippen LogP contribution is -2.16. The summed E-state index contributed by atoms with van der Waals surface area (Å²) in [6.45, 7) is 8.57. The maximum Gasteiger partial charge on any atom is 0.0366 e. The van der Waals surface area contributed by atoms with Gasteiger partial charge in [-0.15, -0.1) is 0 Å². The normalized spacial score (nSPS) is 14.9. The van der Waals surface area contributed by atoms with Gasteiger partial charge in [-0.3, -0.25) is 4.99 Å². The van der Waals surface area contributed by atoms with Crippen molar-refractivity contribution >= 4 is 5.71 Å². The van der Waals surface area contributed by atoms with Gasteiger partial charge in [0.15, 0.2) is 0 Å². The van der Waals surface area contributed by atoms with Crippen LogP contribution in [0.2, 0.25) is 0 Å². The Balaban J connectivity index is 5.42. The van der Waals surface area contributed by atoms with Crippen LogP contribution >= 0.6 is 0 Å². The van der Waals surface area contributed by atoms with E-state index >= 15 is 0 Å². The number of rotatable bonds is 7. The minimum atomic E-state index is 0.956. The van der Waals surface area contributed by atoms with E-state index in [-0.39, 0.29) is 0 Å². The van der Waals surface area contributed by atoms with Crippen molar-refractivity contribution in [2.24, 2.45) is 4.99 Å². The Morgan fingerprint density at radius 2 is 1.79 bits per heavy atom. The van der Waals surface area contributed by atoms with Gasteiger partial charge in [-0.2, -0.15) is 0 Å². The van der Waals surface area contributed by atoms with E-state index in [0.29, 0.717) is 0 Å². The number of aliphatic imine (C=N–C) groups is 1. The zero-order valence-electron chi connectivity index (χ0n) is 13.7. The van der Waals surface area contributed by atoms with E-state index in [1.807, 2.05) is 7.05 Å². The Morgan fingerprint density at radius 3 is 2.16 bits per heavy atom. The maximum absolute atomic E-state index is 4.37. The van der Waals surface area contributed by atoms with Gasteiger partial charge in [-0.25, -0.2) is 0 Å². The molecule has 0 aliphatic carbocycles. The molecule has 0 heterocycles. The van der Waals surface area contributed by atoms with Crippen LogP contribution in [0.15, 0.2) is 40.1 Å². The number of hydrogen-bond donors (Lipinski definition) is 0. The molecule has 0 saturated carbocycles. The van der Waals surface area contributed by atoms with E-state index in [2.05, 4.69) is 69.9 Å². The second kappa shape index (κ2) is 9.60. The molecular formula is C17H30N2. The third-order valence-electron chi connectivity index (χ3n) is 3.35. The molecule has 19 heavy (non-hydrogen) atoms. The highest BCUT2D eigenvalue weighted by atomic mass is 15.1. The van der Waals surface area contributed by atoms with Crippen molar-refractivity contribution in [1.29, 1.82) is 0 Å². The number of hydrogen-bond acceptors (Lipinski definition) is 2. The van der Waals surface area contributed by atoms with Gasteiger partial charge in [-0.05, 0) is 38.7 Å². The van der Waals surface area contributed by atoms with Crippen LogP contribution in [0.25, 0.3) is 0 Å². The maximum atomic E-state index is 4.37. The third kappa shape index (κ3) is 5.91. The monoisotopic (exact) mass is 262 g/mol. The molecule has 0 aliphatic rings. The lowest BCUT2D eigenvalue weighted by Gasteiger charge is -2.21. The molecule has 0 N–H and O–H groups in total. The van der Waals surface area contributed by atoms with Crippen molar-refractivity contribution < 1.29 is 0 Å². The highest BCUT2D eigenvalue weighted by Gasteiger charge is 2.09. The Kier molecular flexibility index (Phi) is 8.94. The summed E-state index contributed by atoms with van der Waals surface area (Å²) in [6, 6.07) is 0. The summed E-state index contributed by atoms with van der Waals surface area (Å²) >= 11 is 0. The van der Waals surface area contributed by atoms with Crippen LogP contribution in [0.4, 0.5) is 0 Å². The van der Waals surface area contributed by atoms with Crippen molar-refractivity contribution in [3.05, 3.63) is 35.1 Å². The summed E-state index contributed by atoms with van der Waals surface area (Å²) < 4.78 is 0. The fourth-order valence-corrected chi connectivity index (χ4v) is 2.19. The van der Waals surface area contributed by atoms with Gasteiger partial charge in [0.1, 0.15) is 0 Å². The smallest absolute Gasteiger partial charge is 0.0366 e. The molecule has 0 rings (SSSR count). The highest BCUT2D eigenvalue weighted by Crippen LogP contribution is 2.19. The van der Waals surface area contributed by atoms with E-state index < -0.39 is 0 Å². The zero-order valence-corrected chi connectivity index (χ0v) is 13.7. The second-order valence-corrected chi connectivity index (χ2v) is 4.82. The molecule has 0 amide bonds. The lowest BCUT2D eigenvalue weighted by atomic mass is 10.0. The molecule has 0 aromatic heterocycles. The second-order valence-electron chi connectivity index (χ2n) is 4.82. The first-order valence-corrected chi connectivity index (χ1v) is 7.16. The Bertz CT molecular complexity index is 382. The first-order valence-electron chi connectivity index (χ1n) is 7.16. The van der Waals surface area contributed by atoms with Crippen LogP contribution in [0, 0.1) is 0 Å². The third-order valence-corrected chi connectivity index (χ3v) is 3.35. The molecule has 0 atom stereocenters. The van der Waals surface area contributed by atoms with Crippen LogP contribution in [0.1, 0.15) is 47.0 Å². The number of nitrogens with zero attached hydrogens (tertiary/aromatic N) is 2. The molecule has 0 bridgehead atoms. The van der Waals surface area contributed by atoms with Gasteiger partial charge in [0.05, 0.1) is 0 Å². The van der Waals surface area contributed by atoms with E-state index in [9.17, 15) is 0 Å². The largest absolute Gasteiger partial charge is 0.381 e. The Hall–Kier alpha value is -1.31. The molecule has 0 radical (unpaired) electrons. The fourth-order valence-electron chi connectivity index (χ4n) is 2.19. The van der Waals surface area contributed by atoms with Crippen LogP contribution in [0.5, 0.6) is 0 Å². The van der Waals surface area contributed by atoms with Gasteiger partial charge >= 0.3 is 0 Å². The van der Waals surface area contributed by atoms with Crippen molar-refractivity contribution in [3.8, 4) is 0 Å². The average Bonchev–Trinajstić information content (AvgIpc) is 2.40. The Morgan fingerprint density at radius 1 is 1.16 bits per heavy atom. The van der Waals surface area contributed by atoms with Crippen molar-refractivity contribution in [2.45, 2.75) is 47.0 Å². The van der Waals surface area contributed by atoms with E-state index in [1.165, 1.54) is 16.8 Å². The lowest BCUT2D eigenvalue weighted by molar-refractivity contribution is 0.489. The van der Waals surface area contributed by atoms with Gasteiger partial charge < -0.3 is 4.90 Å². The summed E-state index contributed by atoms with van der Waals surface area (Å²) in [4.78, 5) is 6.58. The Labute approximate surface area is 119 Å². The summed E-state index contributed by atoms with van der Waals surface area (Å²) in [5, 5.41) is 0. The summed E-state index contributed by atoms with van der Waals surface area (Å²) in [5.41, 5.74) is 5.25. The highest BCUT2D eigenvalue weighted by molar-refractivity contribution is 5.99. The molecular weight excluding hydrogens is 232 g/mol. The van der Waals surface area contributed by atoms with Gasteiger partial charge in [-0.1, -0.05) is 37.6 Å². The SMILES string of the molecule is C/C=C\C(=C/C/C(C(C)=NC)=C(\CC)N(C)C)CC. The summed E-state index contributed by atoms with van der Waals surface area (Å²) in [7, 11) is 6.09. The molecule has 0 spiro atoms. The molecule has 2 heteroatoms. The first kappa shape index (κ1) is 17.7. The molecule has 0 aromatic rings. The van der Waals surface area contributed by atoms with Crippen LogP contribution in [0.3, 0.4) is 0 Å². The van der Waals surface area contributed by atoms with Crippen molar-refractivity contribution in [2.75, 3.05) is 21.1 Å². The molecule has 0 aliphatic heterocycles. The molecule has 2 nitrogen and oxygen atoms in total. The molecule has 0 fully saturated rings. The predicted molar refractivity (Wildman–Crippen MR) is 87.8 cm³/mol. The minimum Gasteiger partial charge on any atom is -0.381 e.